The largest absolute Gasteiger partial charge is 0.456 e. The van der Waals surface area contributed by atoms with Crippen molar-refractivity contribution in [1.29, 1.82) is 0 Å². The average molecular weight is 607 g/mol. The predicted molar refractivity (Wildman–Crippen MR) is 190 cm³/mol. The van der Waals surface area contributed by atoms with Crippen molar-refractivity contribution < 1.29 is 42.8 Å². The summed E-state index contributed by atoms with van der Waals surface area (Å²) in [5, 5.41) is -3.48. The number of hydrogen-bond donors (Lipinski definition) is 0. The Hall–Kier alpha value is -5.14. The molecule has 4 unspecified atom stereocenters. The zero-order valence-corrected chi connectivity index (χ0v) is 22.9. The van der Waals surface area contributed by atoms with Crippen LogP contribution < -0.4 is 0 Å². The Morgan fingerprint density at radius 3 is 1.62 bits per heavy atom. The summed E-state index contributed by atoms with van der Waals surface area (Å²) in [6, 6.07) is -21.4. The predicted octanol–water partition coefficient (Wildman–Crippen LogP) is 12.7. The minimum absolute atomic E-state index is 0.468. The van der Waals surface area contributed by atoms with E-state index in [9.17, 15) is 12.3 Å². The van der Waals surface area contributed by atoms with Crippen molar-refractivity contribution in [3.63, 3.8) is 0 Å². The quantitative estimate of drug-likeness (QED) is 0.182. The van der Waals surface area contributed by atoms with Gasteiger partial charge >= 0.3 is 0 Å². The molecule has 8 aromatic rings. The van der Waals surface area contributed by atoms with Crippen LogP contribution in [-0.4, -0.2) is 0 Å². The number of rotatable bonds is 4. The molecule has 1 fully saturated rings. The number of fused-ring (bicyclic) bond motifs is 5. The third kappa shape index (κ3) is 4.30. The molecule has 216 valence electrons. The molecule has 1 aromatic heterocycles. The Morgan fingerprint density at radius 1 is 0.467 bits per heavy atom. The topological polar surface area (TPSA) is 13.1 Å². The fourth-order valence-electron chi connectivity index (χ4n) is 5.95. The first-order chi connectivity index (χ1) is 34.0. The number of furan rings is 1. The van der Waals surface area contributed by atoms with Crippen molar-refractivity contribution in [3.05, 3.63) is 156 Å². The second-order valence-corrected chi connectivity index (χ2v) is 10.2. The highest BCUT2D eigenvalue weighted by atomic mass is 16.3. The highest BCUT2D eigenvalue weighted by molar-refractivity contribution is 6.16. The molecule has 45 heavy (non-hydrogen) atoms. The van der Waals surface area contributed by atoms with Crippen molar-refractivity contribution >= 4 is 43.5 Å². The van der Waals surface area contributed by atoms with Crippen molar-refractivity contribution in [1.82, 2.24) is 0 Å². The van der Waals surface area contributed by atoms with Crippen LogP contribution in [0.25, 0.3) is 65.7 Å². The van der Waals surface area contributed by atoms with Gasteiger partial charge in [0.15, 0.2) is 0 Å². The lowest BCUT2D eigenvalue weighted by molar-refractivity contribution is 0.401. The second kappa shape index (κ2) is 10.8. The maximum atomic E-state index is 9.86. The van der Waals surface area contributed by atoms with Gasteiger partial charge in [-0.1, -0.05) is 133 Å². The summed E-state index contributed by atoms with van der Waals surface area (Å²) in [7, 11) is 0. The van der Waals surface area contributed by atoms with Crippen LogP contribution in [0.15, 0.2) is 149 Å². The maximum absolute atomic E-state index is 9.86. The molecule has 7 aromatic carbocycles. The van der Waals surface area contributed by atoms with Crippen LogP contribution in [0.5, 0.6) is 0 Å². The molecular weight excluding hydrogens is 544 g/mol. The fraction of sp³-hybridized carbons (Fsp3) is 0.136. The maximum Gasteiger partial charge on any atom is 0.136 e. The Labute approximate surface area is 303 Å². The molecule has 1 aliphatic carbocycles. The Bertz CT molecular complexity index is 3690. The fourth-order valence-corrected chi connectivity index (χ4v) is 5.95. The minimum Gasteiger partial charge on any atom is -0.456 e. The van der Waals surface area contributed by atoms with Crippen molar-refractivity contribution in [2.45, 2.75) is 37.4 Å². The second-order valence-electron chi connectivity index (χ2n) is 10.2. The van der Waals surface area contributed by atoms with E-state index >= 15 is 0 Å². The van der Waals surface area contributed by atoms with E-state index in [0.717, 1.165) is 0 Å². The summed E-state index contributed by atoms with van der Waals surface area (Å²) < 4.78 is 257. The molecule has 0 aliphatic heterocycles. The van der Waals surface area contributed by atoms with E-state index in [0.29, 0.717) is 0 Å². The van der Waals surface area contributed by atoms with E-state index in [-0.39, 0.29) is 0 Å². The molecule has 0 N–H and O–H groups in total. The van der Waals surface area contributed by atoms with Crippen LogP contribution >= 0.6 is 0 Å². The molecule has 1 nitrogen and oxygen atoms in total. The van der Waals surface area contributed by atoms with Gasteiger partial charge in [0.1, 0.15) is 11.2 Å². The Morgan fingerprint density at radius 2 is 0.978 bits per heavy atom. The first-order valence-corrected chi connectivity index (χ1v) is 13.7. The van der Waals surface area contributed by atoms with E-state index in [1.165, 1.54) is 0 Å². The molecule has 1 saturated carbocycles. The summed E-state index contributed by atoms with van der Waals surface area (Å²) in [5.74, 6) is -3.83. The summed E-state index contributed by atoms with van der Waals surface area (Å²) in [4.78, 5) is 0. The summed E-state index contributed by atoms with van der Waals surface area (Å²) >= 11 is 0. The van der Waals surface area contributed by atoms with E-state index in [1.54, 1.807) is 0 Å². The van der Waals surface area contributed by atoms with E-state index in [2.05, 4.69) is 0 Å². The Balaban J connectivity index is 1.42. The zero-order valence-electron chi connectivity index (χ0n) is 50.9. The van der Waals surface area contributed by atoms with Gasteiger partial charge in [0.05, 0.1) is 32.9 Å². The highest BCUT2D eigenvalue weighted by Gasteiger charge is 2.29. The molecule has 1 heteroatoms. The normalized spacial score (nSPS) is 32.3. The Kier molecular flexibility index (Phi) is 2.51. The molecule has 0 radical (unpaired) electrons. The summed E-state index contributed by atoms with van der Waals surface area (Å²) in [6.45, 7) is 0. The molecule has 9 rings (SSSR count). The van der Waals surface area contributed by atoms with Gasteiger partial charge in [-0.15, -0.1) is 0 Å². The lowest BCUT2D eigenvalue weighted by Gasteiger charge is -2.31. The molecule has 4 atom stereocenters. The van der Waals surface area contributed by atoms with Crippen LogP contribution in [0.3, 0.4) is 0 Å². The van der Waals surface area contributed by atoms with Crippen LogP contribution in [0.2, 0.25) is 0 Å². The molecule has 0 amide bonds. The standard InChI is InChI=1S/C44H34O/c1-3-13-29(14-4-1)33-21-11-23-39-43(33)44-34(22-12-24-40(44)45-39)30-25-27-32(28-26-30)42-37-19-9-7-17-35(37)41(31-15-5-2-6-16-31)36-18-8-10-20-38(36)42/h1-24,30,32H,25-28H2/i1D,2D,3D,4D,5D,6D,7D,8D,9D,10D,11D,12D,13D,14D,15D,16D,17D,18D,19D,20D,21D,22D,23D,24D,25D,26D,27D,28D. The summed E-state index contributed by atoms with van der Waals surface area (Å²) in [5.41, 5.74) is -4.94. The first kappa shape index (κ1) is 10.5. The van der Waals surface area contributed by atoms with Crippen LogP contribution in [0, 0.1) is 0 Å². The van der Waals surface area contributed by atoms with E-state index in [1.807, 2.05) is 0 Å². The molecule has 0 spiro atoms. The van der Waals surface area contributed by atoms with Crippen molar-refractivity contribution in [3.8, 4) is 22.3 Å². The number of benzene rings is 7. The van der Waals surface area contributed by atoms with Gasteiger partial charge in [0.25, 0.3) is 0 Å². The lowest BCUT2D eigenvalue weighted by Crippen LogP contribution is -2.13. The number of hydrogen-bond acceptors (Lipinski definition) is 1. The van der Waals surface area contributed by atoms with Crippen molar-refractivity contribution in [2.24, 2.45) is 0 Å². The van der Waals surface area contributed by atoms with Crippen LogP contribution in [-0.2, 0) is 0 Å². The SMILES string of the molecule is [2H]c1c([2H])c([2H])c(-c2c3c([2H])c([2H])c([2H])c([2H])c3c(C3C([2H])C([2H])C(c4c([2H])c([2H])c([2H])c5oc6c([2H])c([2H])c([2H])c(-c7c([2H])c([2H])c([2H])c([2H])c7[2H])c6c45)C([2H])C3[2H])c3c([2H])c([2H])c([2H])c([2H])c23)c([2H])c1[2H]. The zero-order chi connectivity index (χ0) is 54.1. The van der Waals surface area contributed by atoms with Gasteiger partial charge in [-0.3, -0.25) is 0 Å². The molecule has 1 aliphatic rings. The highest BCUT2D eigenvalue weighted by Crippen LogP contribution is 2.49. The van der Waals surface area contributed by atoms with Gasteiger partial charge < -0.3 is 4.42 Å². The molecule has 1 heterocycles. The minimum atomic E-state index is -2.10. The van der Waals surface area contributed by atoms with Crippen LogP contribution in [0.4, 0.5) is 0 Å². The van der Waals surface area contributed by atoms with Gasteiger partial charge in [0, 0.05) is 16.3 Å². The molecule has 0 bridgehead atoms. The first-order valence-electron chi connectivity index (χ1n) is 28.0. The van der Waals surface area contributed by atoms with Gasteiger partial charge in [-0.2, -0.15) is 0 Å². The van der Waals surface area contributed by atoms with E-state index < -0.39 is 259 Å². The smallest absolute Gasteiger partial charge is 0.136 e. The van der Waals surface area contributed by atoms with Crippen molar-refractivity contribution in [2.75, 3.05) is 0 Å². The average Bonchev–Trinajstić information content (AvgIpc) is 3.76. The third-order valence-corrected chi connectivity index (χ3v) is 7.80. The van der Waals surface area contributed by atoms with Gasteiger partial charge in [-0.25, -0.2) is 0 Å². The monoisotopic (exact) mass is 606 g/mol. The van der Waals surface area contributed by atoms with Crippen LogP contribution in [0.1, 0.15) is 86.9 Å². The van der Waals surface area contributed by atoms with E-state index in [4.69, 9.17) is 30.5 Å². The summed E-state index contributed by atoms with van der Waals surface area (Å²) in [6.07, 6.45) is -8.35. The van der Waals surface area contributed by atoms with Gasteiger partial charge in [0.2, 0.25) is 0 Å². The molecule has 0 saturated heterocycles. The third-order valence-electron chi connectivity index (χ3n) is 7.80. The molecular formula is C44H34O. The lowest BCUT2D eigenvalue weighted by atomic mass is 9.73. The van der Waals surface area contributed by atoms with Gasteiger partial charge in [-0.05, 0) is 104 Å².